The third-order valence-corrected chi connectivity index (χ3v) is 11.1. The second kappa shape index (κ2) is 14.0. The molecule has 0 N–H and O–H groups in total. The molecule has 0 aliphatic heterocycles. The molecule has 11 aromatic rings. The Balaban J connectivity index is 1.13. The maximum absolute atomic E-state index is 5.34. The van der Waals surface area contributed by atoms with Crippen molar-refractivity contribution in [3.8, 4) is 73.0 Å². The van der Waals surface area contributed by atoms with Crippen molar-refractivity contribution >= 4 is 27.6 Å². The molecule has 0 bridgehead atoms. The number of benzene rings is 8. The molecule has 0 unspecified atom stereocenters. The smallest absolute Gasteiger partial charge is 0.160 e. The molecule has 0 amide bonds. The summed E-state index contributed by atoms with van der Waals surface area (Å²) in [5, 5.41) is 1.22. The van der Waals surface area contributed by atoms with E-state index >= 15 is 0 Å². The molecule has 0 aliphatic rings. The first-order valence-corrected chi connectivity index (χ1v) is 19.7. The molecule has 0 saturated carbocycles. The summed E-state index contributed by atoms with van der Waals surface area (Å²) in [4.78, 5) is 10.6. The van der Waals surface area contributed by atoms with Gasteiger partial charge in [-0.25, -0.2) is 9.97 Å². The minimum atomic E-state index is 0.679. The van der Waals surface area contributed by atoms with Crippen molar-refractivity contribution in [3.05, 3.63) is 218 Å². The quantitative estimate of drug-likeness (QED) is 0.163. The monoisotopic (exact) mass is 740 g/mol. The van der Waals surface area contributed by atoms with Gasteiger partial charge in [0.15, 0.2) is 5.82 Å². The molecule has 4 nitrogen and oxygen atoms in total. The minimum Gasteiger partial charge on any atom is -0.293 e. The van der Waals surface area contributed by atoms with Crippen LogP contribution >= 0.6 is 0 Å². The summed E-state index contributed by atoms with van der Waals surface area (Å²) in [6.45, 7) is 0. The van der Waals surface area contributed by atoms with E-state index in [0.717, 1.165) is 67.1 Å². The number of rotatable bonds is 7. The van der Waals surface area contributed by atoms with Crippen molar-refractivity contribution in [2.75, 3.05) is 0 Å². The highest BCUT2D eigenvalue weighted by Gasteiger charge is 2.22. The first kappa shape index (κ1) is 33.5. The molecule has 0 saturated heterocycles. The molecule has 8 aromatic carbocycles. The highest BCUT2D eigenvalue weighted by atomic mass is 15.1. The van der Waals surface area contributed by atoms with Gasteiger partial charge in [0.1, 0.15) is 5.65 Å². The third kappa shape index (κ3) is 5.78. The van der Waals surface area contributed by atoms with Gasteiger partial charge in [0.2, 0.25) is 0 Å². The Hall–Kier alpha value is -7.82. The number of hydrogen-bond donors (Lipinski definition) is 0. The van der Waals surface area contributed by atoms with Crippen molar-refractivity contribution in [1.29, 1.82) is 0 Å². The van der Waals surface area contributed by atoms with Gasteiger partial charge < -0.3 is 0 Å². The molecular weight excluding hydrogens is 705 g/mol. The average Bonchev–Trinajstić information content (AvgIpc) is 3.82. The van der Waals surface area contributed by atoms with E-state index in [1.807, 2.05) is 6.07 Å². The normalized spacial score (nSPS) is 11.4. The molecular formula is C54H36N4. The molecule has 11 rings (SSSR count). The van der Waals surface area contributed by atoms with E-state index in [-0.39, 0.29) is 0 Å². The van der Waals surface area contributed by atoms with Crippen LogP contribution in [0.4, 0.5) is 0 Å². The van der Waals surface area contributed by atoms with Crippen molar-refractivity contribution in [3.63, 3.8) is 0 Å². The molecule has 0 aliphatic carbocycles. The number of para-hydroxylation sites is 3. The van der Waals surface area contributed by atoms with Crippen LogP contribution in [0, 0.1) is 0 Å². The topological polar surface area (TPSA) is 35.1 Å². The Morgan fingerprint density at radius 2 is 0.776 bits per heavy atom. The highest BCUT2D eigenvalue weighted by Crippen LogP contribution is 2.41. The highest BCUT2D eigenvalue weighted by molar-refractivity contribution is 6.09. The lowest BCUT2D eigenvalue weighted by Gasteiger charge is -2.13. The van der Waals surface area contributed by atoms with Crippen LogP contribution in [0.3, 0.4) is 0 Å². The van der Waals surface area contributed by atoms with E-state index in [2.05, 4.69) is 221 Å². The van der Waals surface area contributed by atoms with Gasteiger partial charge in [0.25, 0.3) is 0 Å². The molecule has 4 heteroatoms. The van der Waals surface area contributed by atoms with Crippen molar-refractivity contribution in [2.24, 2.45) is 0 Å². The number of aromatic nitrogens is 4. The van der Waals surface area contributed by atoms with Crippen LogP contribution < -0.4 is 0 Å². The maximum atomic E-state index is 5.34. The Morgan fingerprint density at radius 1 is 0.310 bits per heavy atom. The molecule has 0 spiro atoms. The van der Waals surface area contributed by atoms with Crippen LogP contribution in [-0.2, 0) is 0 Å². The minimum absolute atomic E-state index is 0.679. The predicted molar refractivity (Wildman–Crippen MR) is 240 cm³/mol. The van der Waals surface area contributed by atoms with E-state index in [4.69, 9.17) is 9.97 Å². The molecule has 3 aromatic heterocycles. The molecule has 0 atom stereocenters. The Labute approximate surface area is 336 Å². The van der Waals surface area contributed by atoms with Crippen molar-refractivity contribution in [2.45, 2.75) is 0 Å². The fraction of sp³-hybridized carbons (Fsp3) is 0. The molecule has 0 radical (unpaired) electrons. The molecule has 3 heterocycles. The van der Waals surface area contributed by atoms with Gasteiger partial charge in [-0.1, -0.05) is 170 Å². The molecule has 58 heavy (non-hydrogen) atoms. The SMILES string of the molecule is c1ccc(-c2cccc(-c3cc(-c4cccc(-n5c6ccccc6n6c7ccccc7c(-c7ccccc7)c56)c4)nc(-c4cccc(-c5ccccc5)c4)n3)c2)cc1. The summed E-state index contributed by atoms with van der Waals surface area (Å²) >= 11 is 0. The van der Waals surface area contributed by atoms with Crippen LogP contribution in [0.15, 0.2) is 218 Å². The Morgan fingerprint density at radius 3 is 1.43 bits per heavy atom. The summed E-state index contributed by atoms with van der Waals surface area (Å²) < 4.78 is 4.83. The lowest BCUT2D eigenvalue weighted by molar-refractivity contribution is 1.14. The number of imidazole rings is 1. The number of nitrogens with zero attached hydrogens (tertiary/aromatic N) is 4. The first-order chi connectivity index (χ1) is 28.8. The third-order valence-electron chi connectivity index (χ3n) is 11.1. The van der Waals surface area contributed by atoms with Crippen LogP contribution in [0.2, 0.25) is 0 Å². The van der Waals surface area contributed by atoms with Crippen LogP contribution in [-0.4, -0.2) is 18.9 Å². The average molecular weight is 741 g/mol. The Bertz CT molecular complexity index is 3170. The second-order valence-corrected chi connectivity index (χ2v) is 14.6. The Kier molecular flexibility index (Phi) is 8.11. The fourth-order valence-corrected chi connectivity index (χ4v) is 8.42. The van der Waals surface area contributed by atoms with Gasteiger partial charge in [-0.3, -0.25) is 8.97 Å². The first-order valence-electron chi connectivity index (χ1n) is 19.7. The van der Waals surface area contributed by atoms with Gasteiger partial charge in [-0.15, -0.1) is 0 Å². The van der Waals surface area contributed by atoms with Gasteiger partial charge >= 0.3 is 0 Å². The van der Waals surface area contributed by atoms with E-state index in [1.165, 1.54) is 27.6 Å². The summed E-state index contributed by atoms with van der Waals surface area (Å²) in [6, 6.07) is 77.3. The number of hydrogen-bond acceptors (Lipinski definition) is 2. The zero-order valence-corrected chi connectivity index (χ0v) is 31.6. The standard InChI is InChI=1S/C54H36N4/c1-4-17-37(18-5-1)40-23-14-25-42(33-40)47-36-48(56-53(55-47)44-27-15-24-41(34-44)38-19-6-2-7-20-38)43-26-16-28-45(35-43)57-50-31-12-13-32-51(50)58-49-30-11-10-29-46(49)52(54(57)58)39-21-8-3-9-22-39/h1-36H. The van der Waals surface area contributed by atoms with Crippen molar-refractivity contribution in [1.82, 2.24) is 18.9 Å². The predicted octanol–water partition coefficient (Wildman–Crippen LogP) is 13.8. The van der Waals surface area contributed by atoms with Crippen molar-refractivity contribution < 1.29 is 0 Å². The zero-order valence-electron chi connectivity index (χ0n) is 31.6. The molecule has 272 valence electrons. The second-order valence-electron chi connectivity index (χ2n) is 14.6. The number of fused-ring (bicyclic) bond motifs is 5. The van der Waals surface area contributed by atoms with Gasteiger partial charge in [0.05, 0.1) is 27.9 Å². The fourth-order valence-electron chi connectivity index (χ4n) is 8.42. The lowest BCUT2D eigenvalue weighted by atomic mass is 10.00. The van der Waals surface area contributed by atoms with E-state index < -0.39 is 0 Å². The van der Waals surface area contributed by atoms with Crippen LogP contribution in [0.25, 0.3) is 101 Å². The lowest BCUT2D eigenvalue weighted by Crippen LogP contribution is -1.98. The largest absolute Gasteiger partial charge is 0.293 e. The maximum Gasteiger partial charge on any atom is 0.160 e. The molecule has 0 fully saturated rings. The van der Waals surface area contributed by atoms with Gasteiger partial charge in [-0.05, 0) is 76.3 Å². The summed E-state index contributed by atoms with van der Waals surface area (Å²) in [5.41, 5.74) is 17.4. The summed E-state index contributed by atoms with van der Waals surface area (Å²) in [7, 11) is 0. The van der Waals surface area contributed by atoms with Crippen LogP contribution in [0.5, 0.6) is 0 Å². The van der Waals surface area contributed by atoms with E-state index in [1.54, 1.807) is 0 Å². The van der Waals surface area contributed by atoms with E-state index in [0.29, 0.717) is 5.82 Å². The van der Waals surface area contributed by atoms with E-state index in [9.17, 15) is 0 Å². The summed E-state index contributed by atoms with van der Waals surface area (Å²) in [6.07, 6.45) is 0. The summed E-state index contributed by atoms with van der Waals surface area (Å²) in [5.74, 6) is 0.679. The zero-order chi connectivity index (χ0) is 38.4. The van der Waals surface area contributed by atoms with Gasteiger partial charge in [-0.2, -0.15) is 0 Å². The van der Waals surface area contributed by atoms with Crippen LogP contribution in [0.1, 0.15) is 0 Å². The van der Waals surface area contributed by atoms with Gasteiger partial charge in [0, 0.05) is 33.3 Å².